The first-order chi connectivity index (χ1) is 26.6. The summed E-state index contributed by atoms with van der Waals surface area (Å²) >= 11 is 0. The van der Waals surface area contributed by atoms with E-state index >= 15 is 0 Å². The normalized spacial score (nSPS) is 11.7. The summed E-state index contributed by atoms with van der Waals surface area (Å²) in [6.45, 7) is 14.1. The maximum absolute atomic E-state index is 4.22. The van der Waals surface area contributed by atoms with E-state index in [-0.39, 0.29) is 0 Å². The van der Waals surface area contributed by atoms with Gasteiger partial charge in [-0.05, 0) is 48.1 Å². The highest BCUT2D eigenvalue weighted by Crippen LogP contribution is 2.31. The molecule has 0 saturated carbocycles. The van der Waals surface area contributed by atoms with Crippen molar-refractivity contribution in [3.05, 3.63) is 0 Å². The molecule has 0 N–H and O–H groups in total. The molecule has 0 nitrogen and oxygen atoms in total. The van der Waals surface area contributed by atoms with Crippen molar-refractivity contribution >= 4 is 16.1 Å². The average molecular weight is 784 g/mol. The summed E-state index contributed by atoms with van der Waals surface area (Å²) in [7, 11) is -3.36. The highest BCUT2D eigenvalue weighted by molar-refractivity contribution is 6.88. The molecule has 318 valence electrons. The molecule has 0 rings (SSSR count). The van der Waals surface area contributed by atoms with Crippen molar-refractivity contribution in [3.8, 4) is 22.9 Å². The van der Waals surface area contributed by atoms with Gasteiger partial charge in [-0.15, -0.1) is 11.1 Å². The predicted molar refractivity (Wildman–Crippen MR) is 256 cm³/mol. The summed E-state index contributed by atoms with van der Waals surface area (Å²) in [4.78, 5) is 0. The van der Waals surface area contributed by atoms with Crippen molar-refractivity contribution in [2.75, 3.05) is 0 Å². The molecule has 0 radical (unpaired) electrons. The van der Waals surface area contributed by atoms with Crippen LogP contribution in [0.5, 0.6) is 0 Å². The van der Waals surface area contributed by atoms with E-state index in [9.17, 15) is 0 Å². The lowest BCUT2D eigenvalue weighted by atomic mass is 10.1. The van der Waals surface area contributed by atoms with Crippen molar-refractivity contribution in [3.63, 3.8) is 0 Å². The first-order valence-electron chi connectivity index (χ1n) is 25.6. The summed E-state index contributed by atoms with van der Waals surface area (Å²) in [6.07, 6.45) is 50.9. The molecule has 0 atom stereocenters. The number of rotatable bonds is 42. The maximum Gasteiger partial charge on any atom is 0.139 e. The Hall–Kier alpha value is -0.446. The van der Waals surface area contributed by atoms with Gasteiger partial charge in [0.15, 0.2) is 0 Å². The lowest BCUT2D eigenvalue weighted by molar-refractivity contribution is 0.608. The molecule has 0 aliphatic rings. The van der Waals surface area contributed by atoms with E-state index in [2.05, 4.69) is 64.5 Å². The Morgan fingerprint density at radius 1 is 0.204 bits per heavy atom. The van der Waals surface area contributed by atoms with Crippen LogP contribution in [0.2, 0.25) is 36.3 Å². The summed E-state index contributed by atoms with van der Waals surface area (Å²) in [5, 5.41) is 0. The fourth-order valence-corrected chi connectivity index (χ4v) is 17.4. The van der Waals surface area contributed by atoms with E-state index in [4.69, 9.17) is 0 Å². The summed E-state index contributed by atoms with van der Waals surface area (Å²) in [6, 6.07) is 8.71. The molecule has 0 spiro atoms. The van der Waals surface area contributed by atoms with Gasteiger partial charge in [0.1, 0.15) is 16.1 Å². The minimum absolute atomic E-state index is 1.35. The Bertz CT molecular complexity index is 715. The van der Waals surface area contributed by atoms with Gasteiger partial charge in [0.25, 0.3) is 0 Å². The minimum Gasteiger partial charge on any atom is -0.117 e. The molecule has 0 aliphatic heterocycles. The zero-order chi connectivity index (χ0) is 39.5. The lowest BCUT2D eigenvalue weighted by Gasteiger charge is -2.27. The van der Waals surface area contributed by atoms with Crippen LogP contribution in [0.15, 0.2) is 0 Å². The van der Waals surface area contributed by atoms with Crippen LogP contribution in [0.3, 0.4) is 0 Å². The van der Waals surface area contributed by atoms with Crippen LogP contribution in [0.25, 0.3) is 0 Å². The van der Waals surface area contributed by atoms with Crippen LogP contribution < -0.4 is 0 Å². The Balaban J connectivity index is 6.36. The largest absolute Gasteiger partial charge is 0.139 e. The van der Waals surface area contributed by atoms with E-state index in [1.165, 1.54) is 267 Å². The Kier molecular flexibility index (Phi) is 41.8. The summed E-state index contributed by atoms with van der Waals surface area (Å²) in [5.74, 6) is 7.61. The fourth-order valence-electron chi connectivity index (χ4n) is 8.91. The Morgan fingerprint density at radius 2 is 0.352 bits per heavy atom. The number of hydrogen-bond donors (Lipinski definition) is 0. The topological polar surface area (TPSA) is 0 Å². The molecule has 0 amide bonds. The van der Waals surface area contributed by atoms with Gasteiger partial charge in [0.05, 0.1) is 0 Å². The van der Waals surface area contributed by atoms with Crippen LogP contribution in [0, 0.1) is 22.9 Å². The van der Waals surface area contributed by atoms with Gasteiger partial charge in [0.2, 0.25) is 0 Å². The predicted octanol–water partition coefficient (Wildman–Crippen LogP) is 19.1. The fraction of sp³-hybridized carbons (Fsp3) is 0.923. The van der Waals surface area contributed by atoms with Crippen LogP contribution in [0.4, 0.5) is 0 Å². The zero-order valence-corrected chi connectivity index (χ0v) is 40.7. The molecule has 2 heteroatoms. The maximum atomic E-state index is 4.22. The lowest BCUT2D eigenvalue weighted by Crippen LogP contribution is -2.33. The Morgan fingerprint density at radius 3 is 0.519 bits per heavy atom. The molecule has 0 aliphatic carbocycles. The van der Waals surface area contributed by atoms with Crippen molar-refractivity contribution in [1.82, 2.24) is 0 Å². The highest BCUT2D eigenvalue weighted by atomic mass is 28.3. The molecule has 0 saturated heterocycles. The van der Waals surface area contributed by atoms with Crippen molar-refractivity contribution in [1.29, 1.82) is 0 Å². The molecule has 0 heterocycles. The highest BCUT2D eigenvalue weighted by Gasteiger charge is 2.31. The van der Waals surface area contributed by atoms with Crippen molar-refractivity contribution < 1.29 is 0 Å². The van der Waals surface area contributed by atoms with Gasteiger partial charge in [-0.3, -0.25) is 0 Å². The second-order valence-electron chi connectivity index (χ2n) is 18.2. The molecule has 0 aromatic carbocycles. The first kappa shape index (κ1) is 53.6. The molecule has 0 aromatic heterocycles. The smallest absolute Gasteiger partial charge is 0.117 e. The summed E-state index contributed by atoms with van der Waals surface area (Å²) in [5.41, 5.74) is 8.44. The minimum atomic E-state index is -1.68. The van der Waals surface area contributed by atoms with Crippen LogP contribution in [-0.4, -0.2) is 16.1 Å². The Labute approximate surface area is 346 Å². The third-order valence-electron chi connectivity index (χ3n) is 12.8. The molecular formula is C52H102Si2. The number of hydrogen-bond acceptors (Lipinski definition) is 0. The third-order valence-corrected chi connectivity index (χ3v) is 21.9. The first-order valence-corrected chi connectivity index (χ1v) is 30.9. The quantitative estimate of drug-likeness (QED) is 0.0329. The zero-order valence-electron chi connectivity index (χ0n) is 38.7. The average Bonchev–Trinajstić information content (AvgIpc) is 3.18. The van der Waals surface area contributed by atoms with Gasteiger partial charge in [0, 0.05) is 0 Å². The van der Waals surface area contributed by atoms with E-state index in [1.54, 1.807) is 0 Å². The van der Waals surface area contributed by atoms with Crippen molar-refractivity contribution in [2.45, 2.75) is 309 Å². The molecule has 0 aromatic rings. The molecule has 0 fully saturated rings. The van der Waals surface area contributed by atoms with E-state index in [1.807, 2.05) is 0 Å². The van der Waals surface area contributed by atoms with E-state index in [0.29, 0.717) is 0 Å². The van der Waals surface area contributed by atoms with Crippen LogP contribution >= 0.6 is 0 Å². The van der Waals surface area contributed by atoms with Crippen LogP contribution in [0.1, 0.15) is 273 Å². The van der Waals surface area contributed by atoms with E-state index < -0.39 is 16.1 Å². The molecular weight excluding hydrogens is 681 g/mol. The monoisotopic (exact) mass is 783 g/mol. The standard InChI is InChI=1S/C52H102Si2/c1-7-13-19-25-31-37-45-53(46-38-32-26-20-14-8-2,47-39-33-27-21-15-9-3)51-43-44-52-54(48-40-34-28-22-16-10-4,49-41-35-29-23-17-11-5)50-42-36-30-24-18-12-6/h7-42,45-50H2,1-6H3. The van der Waals surface area contributed by atoms with Gasteiger partial charge >= 0.3 is 0 Å². The SMILES string of the molecule is CCCCCCCC[Si](C#CC#C[Si](CCCCCCCC)(CCCCCCCC)CCCCCCCC)(CCCCCCCC)CCCCCCCC. The molecule has 54 heavy (non-hydrogen) atoms. The molecule has 0 bridgehead atoms. The van der Waals surface area contributed by atoms with Gasteiger partial charge < -0.3 is 0 Å². The van der Waals surface area contributed by atoms with Gasteiger partial charge in [-0.2, -0.15) is 0 Å². The number of unbranched alkanes of at least 4 members (excludes halogenated alkanes) is 30. The second-order valence-corrected chi connectivity index (χ2v) is 26.8. The summed E-state index contributed by atoms with van der Waals surface area (Å²) < 4.78 is 0. The third kappa shape index (κ3) is 33.7. The van der Waals surface area contributed by atoms with Crippen LogP contribution in [-0.2, 0) is 0 Å². The molecule has 0 unspecified atom stereocenters. The second kappa shape index (κ2) is 42.2. The van der Waals surface area contributed by atoms with E-state index in [0.717, 1.165) is 0 Å². The van der Waals surface area contributed by atoms with Gasteiger partial charge in [-0.25, -0.2) is 0 Å². The van der Waals surface area contributed by atoms with Gasteiger partial charge in [-0.1, -0.05) is 273 Å². The van der Waals surface area contributed by atoms with Crippen molar-refractivity contribution in [2.24, 2.45) is 0 Å².